The van der Waals surface area contributed by atoms with Crippen LogP contribution in [0.15, 0.2) is 0 Å². The Bertz CT molecular complexity index is 474. The molecule has 1 aromatic heterocycles. The number of hydrogen-bond acceptors (Lipinski definition) is 6. The Labute approximate surface area is 137 Å². The zero-order valence-electron chi connectivity index (χ0n) is 13.7. The Morgan fingerprint density at radius 1 is 1.32 bits per heavy atom. The fourth-order valence-corrected chi connectivity index (χ4v) is 4.20. The Hall–Kier alpha value is -0.560. The van der Waals surface area contributed by atoms with Gasteiger partial charge in [0.15, 0.2) is 0 Å². The second-order valence-electron chi connectivity index (χ2n) is 7.08. The maximum atomic E-state index is 9.38. The average Bonchev–Trinajstić information content (AvgIpc) is 3.18. The van der Waals surface area contributed by atoms with Crippen LogP contribution in [0, 0.1) is 5.92 Å². The van der Waals surface area contributed by atoms with Crippen LogP contribution in [0.25, 0.3) is 0 Å². The quantitative estimate of drug-likeness (QED) is 0.831. The molecule has 1 saturated heterocycles. The number of hydrogen-bond donors (Lipinski definition) is 1. The third-order valence-corrected chi connectivity index (χ3v) is 5.56. The van der Waals surface area contributed by atoms with Gasteiger partial charge in [-0.1, -0.05) is 18.3 Å². The van der Waals surface area contributed by atoms with E-state index in [0.29, 0.717) is 18.6 Å². The minimum atomic E-state index is 0.291. The Morgan fingerprint density at radius 3 is 2.82 bits per heavy atom. The molecule has 0 bridgehead atoms. The van der Waals surface area contributed by atoms with Gasteiger partial charge in [-0.3, -0.25) is 9.80 Å². The molecular formula is C16H28N4OS. The van der Waals surface area contributed by atoms with Crippen molar-refractivity contribution in [3.8, 4) is 0 Å². The largest absolute Gasteiger partial charge is 0.396 e. The highest BCUT2D eigenvalue weighted by atomic mass is 32.1. The Balaban J connectivity index is 1.59. The van der Waals surface area contributed by atoms with Gasteiger partial charge in [-0.15, -0.1) is 5.10 Å². The molecule has 2 heterocycles. The summed E-state index contributed by atoms with van der Waals surface area (Å²) in [6, 6.07) is 0.503. The van der Waals surface area contributed by atoms with E-state index in [-0.39, 0.29) is 0 Å². The van der Waals surface area contributed by atoms with Gasteiger partial charge in [0, 0.05) is 45.4 Å². The van der Waals surface area contributed by atoms with Crippen molar-refractivity contribution in [1.82, 2.24) is 19.4 Å². The SMILES string of the molecule is CC(C)c1nnsc1CN1CCN(CC2CC2)[C@H](CCO)C1. The van der Waals surface area contributed by atoms with E-state index in [4.69, 9.17) is 0 Å². The first-order chi connectivity index (χ1) is 10.7. The zero-order chi connectivity index (χ0) is 15.5. The molecule has 2 fully saturated rings. The molecule has 5 nitrogen and oxygen atoms in total. The summed E-state index contributed by atoms with van der Waals surface area (Å²) < 4.78 is 4.14. The highest BCUT2D eigenvalue weighted by Crippen LogP contribution is 2.31. The predicted octanol–water partition coefficient (Wildman–Crippen LogP) is 1.94. The molecule has 0 unspecified atom stereocenters. The van der Waals surface area contributed by atoms with Gasteiger partial charge in [0.25, 0.3) is 0 Å². The first-order valence-electron chi connectivity index (χ1n) is 8.55. The van der Waals surface area contributed by atoms with Gasteiger partial charge in [-0.05, 0) is 42.6 Å². The smallest absolute Gasteiger partial charge is 0.0826 e. The highest BCUT2D eigenvalue weighted by molar-refractivity contribution is 7.05. The van der Waals surface area contributed by atoms with E-state index in [9.17, 15) is 5.11 Å². The zero-order valence-corrected chi connectivity index (χ0v) is 14.6. The molecule has 1 aliphatic carbocycles. The summed E-state index contributed by atoms with van der Waals surface area (Å²) in [6.07, 6.45) is 3.69. The monoisotopic (exact) mass is 324 g/mol. The van der Waals surface area contributed by atoms with Gasteiger partial charge >= 0.3 is 0 Å². The van der Waals surface area contributed by atoms with Crippen LogP contribution in [0.4, 0.5) is 0 Å². The summed E-state index contributed by atoms with van der Waals surface area (Å²) in [5.41, 5.74) is 1.16. The second-order valence-corrected chi connectivity index (χ2v) is 7.91. The first kappa shape index (κ1) is 16.3. The molecule has 6 heteroatoms. The number of aliphatic hydroxyl groups is 1. The molecule has 0 aromatic carbocycles. The molecule has 22 heavy (non-hydrogen) atoms. The molecule has 0 amide bonds. The average molecular weight is 324 g/mol. The van der Waals surface area contributed by atoms with Crippen molar-refractivity contribution in [2.24, 2.45) is 5.92 Å². The molecular weight excluding hydrogens is 296 g/mol. The van der Waals surface area contributed by atoms with E-state index in [1.165, 1.54) is 24.3 Å². The van der Waals surface area contributed by atoms with Crippen molar-refractivity contribution < 1.29 is 5.11 Å². The molecule has 2 aliphatic rings. The van der Waals surface area contributed by atoms with Crippen molar-refractivity contribution in [3.05, 3.63) is 10.6 Å². The standard InChI is InChI=1S/C16H28N4OS/c1-12(2)16-15(22-18-17-16)11-19-6-7-20(9-13-3-4-13)14(10-19)5-8-21/h12-14,21H,3-11H2,1-2H3/t14-/m1/s1. The van der Waals surface area contributed by atoms with E-state index in [0.717, 1.165) is 44.2 Å². The van der Waals surface area contributed by atoms with Gasteiger partial charge in [0.2, 0.25) is 0 Å². The van der Waals surface area contributed by atoms with Crippen LogP contribution in [0.2, 0.25) is 0 Å². The van der Waals surface area contributed by atoms with Crippen LogP contribution in [0.3, 0.4) is 0 Å². The molecule has 0 radical (unpaired) electrons. The number of nitrogens with zero attached hydrogens (tertiary/aromatic N) is 4. The lowest BCUT2D eigenvalue weighted by molar-refractivity contribution is 0.0525. The molecule has 3 rings (SSSR count). The highest BCUT2D eigenvalue weighted by Gasteiger charge is 2.32. The lowest BCUT2D eigenvalue weighted by atomic mass is 10.1. The van der Waals surface area contributed by atoms with Gasteiger partial charge < -0.3 is 5.11 Å². The summed E-state index contributed by atoms with van der Waals surface area (Å²) in [5, 5.41) is 13.7. The summed E-state index contributed by atoms with van der Waals surface area (Å²) in [4.78, 5) is 6.44. The minimum Gasteiger partial charge on any atom is -0.396 e. The normalized spacial score (nSPS) is 24.3. The lowest BCUT2D eigenvalue weighted by Gasteiger charge is -2.41. The molecule has 1 aromatic rings. The maximum Gasteiger partial charge on any atom is 0.0826 e. The van der Waals surface area contributed by atoms with Crippen molar-refractivity contribution >= 4 is 11.5 Å². The van der Waals surface area contributed by atoms with Crippen molar-refractivity contribution in [3.63, 3.8) is 0 Å². The van der Waals surface area contributed by atoms with E-state index >= 15 is 0 Å². The van der Waals surface area contributed by atoms with Crippen molar-refractivity contribution in [1.29, 1.82) is 0 Å². The topological polar surface area (TPSA) is 52.5 Å². The van der Waals surface area contributed by atoms with Crippen LogP contribution >= 0.6 is 11.5 Å². The fraction of sp³-hybridized carbons (Fsp3) is 0.875. The van der Waals surface area contributed by atoms with E-state index in [1.807, 2.05) is 0 Å². The Kier molecular flexibility index (Phi) is 5.44. The van der Waals surface area contributed by atoms with E-state index < -0.39 is 0 Å². The van der Waals surface area contributed by atoms with Crippen LogP contribution in [0.1, 0.15) is 49.6 Å². The van der Waals surface area contributed by atoms with Gasteiger partial charge in [-0.25, -0.2) is 0 Å². The van der Waals surface area contributed by atoms with Crippen LogP contribution < -0.4 is 0 Å². The second kappa shape index (κ2) is 7.34. The molecule has 124 valence electrons. The maximum absolute atomic E-state index is 9.38. The number of aliphatic hydroxyl groups excluding tert-OH is 1. The third-order valence-electron chi connectivity index (χ3n) is 4.84. The first-order valence-corrected chi connectivity index (χ1v) is 9.33. The molecule has 1 N–H and O–H groups in total. The Morgan fingerprint density at radius 2 is 2.14 bits per heavy atom. The fourth-order valence-electron chi connectivity index (χ4n) is 3.36. The number of rotatable bonds is 7. The van der Waals surface area contributed by atoms with E-state index in [1.54, 1.807) is 11.5 Å². The van der Waals surface area contributed by atoms with Crippen LogP contribution in [0.5, 0.6) is 0 Å². The minimum absolute atomic E-state index is 0.291. The number of piperazine rings is 1. The third kappa shape index (κ3) is 4.04. The summed E-state index contributed by atoms with van der Waals surface area (Å²) in [5.74, 6) is 1.36. The number of aromatic nitrogens is 2. The molecule has 0 spiro atoms. The summed E-state index contributed by atoms with van der Waals surface area (Å²) in [6.45, 7) is 10.2. The summed E-state index contributed by atoms with van der Waals surface area (Å²) in [7, 11) is 0. The van der Waals surface area contributed by atoms with Gasteiger partial charge in [-0.2, -0.15) is 0 Å². The van der Waals surface area contributed by atoms with Crippen LogP contribution in [-0.4, -0.2) is 63.3 Å². The summed E-state index contributed by atoms with van der Waals surface area (Å²) >= 11 is 1.54. The van der Waals surface area contributed by atoms with Gasteiger partial charge in [0.1, 0.15) is 0 Å². The predicted molar refractivity (Wildman–Crippen MR) is 89.1 cm³/mol. The van der Waals surface area contributed by atoms with E-state index in [2.05, 4.69) is 33.2 Å². The lowest BCUT2D eigenvalue weighted by Crippen LogP contribution is -2.53. The van der Waals surface area contributed by atoms with Gasteiger partial charge in [0.05, 0.1) is 10.6 Å². The molecule has 1 saturated carbocycles. The molecule has 1 aliphatic heterocycles. The van der Waals surface area contributed by atoms with Crippen molar-refractivity contribution in [2.45, 2.75) is 51.6 Å². The molecule has 1 atom stereocenters. The van der Waals surface area contributed by atoms with Crippen LogP contribution in [-0.2, 0) is 6.54 Å². The van der Waals surface area contributed by atoms with Crippen molar-refractivity contribution in [2.75, 3.05) is 32.8 Å².